The van der Waals surface area contributed by atoms with E-state index in [4.69, 9.17) is 0 Å². The minimum Gasteiger partial charge on any atom is -0.379 e. The van der Waals surface area contributed by atoms with Crippen molar-refractivity contribution in [3.05, 3.63) is 46.5 Å². The molecule has 0 saturated carbocycles. The average Bonchev–Trinajstić information content (AvgIpc) is 2.83. The number of anilines is 1. The van der Waals surface area contributed by atoms with Crippen LogP contribution in [-0.2, 0) is 19.3 Å². The highest BCUT2D eigenvalue weighted by molar-refractivity contribution is 9.10. The molecule has 0 aliphatic rings. The zero-order valence-electron chi connectivity index (χ0n) is 11.4. The number of benzene rings is 1. The zero-order valence-corrected chi connectivity index (χ0v) is 13.0. The summed E-state index contributed by atoms with van der Waals surface area (Å²) < 4.78 is 40.7. The fourth-order valence-corrected chi connectivity index (χ4v) is 2.48. The number of imidazole rings is 1. The van der Waals surface area contributed by atoms with E-state index in [2.05, 4.69) is 33.2 Å². The van der Waals surface area contributed by atoms with Crippen LogP contribution in [0.25, 0.3) is 0 Å². The molecule has 0 bridgehead atoms. The van der Waals surface area contributed by atoms with Gasteiger partial charge in [0.1, 0.15) is 0 Å². The van der Waals surface area contributed by atoms with Gasteiger partial charge >= 0.3 is 6.18 Å². The molecule has 0 saturated heterocycles. The van der Waals surface area contributed by atoms with E-state index in [0.717, 1.165) is 30.8 Å². The second-order valence-electron chi connectivity index (χ2n) is 4.66. The Morgan fingerprint density at radius 2 is 2.05 bits per heavy atom. The van der Waals surface area contributed by atoms with Crippen LogP contribution in [0.15, 0.2) is 35.2 Å². The van der Waals surface area contributed by atoms with Crippen molar-refractivity contribution in [3.63, 3.8) is 0 Å². The number of nitrogens with zero attached hydrogens (tertiary/aromatic N) is 2. The zero-order chi connectivity index (χ0) is 15.5. The summed E-state index contributed by atoms with van der Waals surface area (Å²) in [7, 11) is 0. The number of halogens is 4. The average molecular weight is 362 g/mol. The summed E-state index contributed by atoms with van der Waals surface area (Å²) in [6, 6.07) is 3.79. The maximum atomic E-state index is 12.8. The largest absolute Gasteiger partial charge is 0.416 e. The van der Waals surface area contributed by atoms with Crippen molar-refractivity contribution in [2.24, 2.45) is 0 Å². The van der Waals surface area contributed by atoms with E-state index in [1.54, 1.807) is 18.6 Å². The quantitative estimate of drug-likeness (QED) is 0.837. The SMILES string of the molecule is CCCn1cncc1CNc1cc(Br)cc(C(F)(F)F)c1. The van der Waals surface area contributed by atoms with Gasteiger partial charge in [-0.25, -0.2) is 4.98 Å². The van der Waals surface area contributed by atoms with Gasteiger partial charge in [-0.1, -0.05) is 22.9 Å². The van der Waals surface area contributed by atoms with Crippen LogP contribution in [0.5, 0.6) is 0 Å². The lowest BCUT2D eigenvalue weighted by molar-refractivity contribution is -0.137. The molecule has 1 heterocycles. The number of aromatic nitrogens is 2. The normalized spacial score (nSPS) is 11.7. The molecule has 114 valence electrons. The van der Waals surface area contributed by atoms with Gasteiger partial charge in [-0.3, -0.25) is 0 Å². The second-order valence-corrected chi connectivity index (χ2v) is 5.57. The molecule has 0 spiro atoms. The third-order valence-corrected chi connectivity index (χ3v) is 3.42. The lowest BCUT2D eigenvalue weighted by atomic mass is 10.2. The molecule has 7 heteroatoms. The Hall–Kier alpha value is -1.50. The highest BCUT2D eigenvalue weighted by Gasteiger charge is 2.31. The smallest absolute Gasteiger partial charge is 0.379 e. The molecule has 21 heavy (non-hydrogen) atoms. The summed E-state index contributed by atoms with van der Waals surface area (Å²) in [5.74, 6) is 0. The van der Waals surface area contributed by atoms with Gasteiger partial charge in [0.15, 0.2) is 0 Å². The van der Waals surface area contributed by atoms with E-state index in [1.807, 2.05) is 4.57 Å². The number of alkyl halides is 3. The van der Waals surface area contributed by atoms with Gasteiger partial charge in [-0.2, -0.15) is 13.2 Å². The number of aryl methyl sites for hydroxylation is 1. The fourth-order valence-electron chi connectivity index (χ4n) is 1.99. The minimum absolute atomic E-state index is 0.391. The molecule has 1 N–H and O–H groups in total. The lowest BCUT2D eigenvalue weighted by Crippen LogP contribution is -2.09. The summed E-state index contributed by atoms with van der Waals surface area (Å²) in [5, 5.41) is 3.01. The molecule has 0 fully saturated rings. The first kappa shape index (κ1) is 15.9. The Morgan fingerprint density at radius 3 is 2.71 bits per heavy atom. The standard InChI is InChI=1S/C14H15BrF3N3/c1-2-3-21-9-19-7-13(21)8-20-12-5-10(14(16,17)18)4-11(15)6-12/h4-7,9,20H,2-3,8H2,1H3. The molecule has 1 aromatic heterocycles. The Kier molecular flexibility index (Phi) is 4.92. The first-order valence-electron chi connectivity index (χ1n) is 6.51. The van der Waals surface area contributed by atoms with Crippen molar-refractivity contribution in [2.45, 2.75) is 32.6 Å². The molecule has 0 atom stereocenters. The molecular weight excluding hydrogens is 347 g/mol. The summed E-state index contributed by atoms with van der Waals surface area (Å²) in [5.41, 5.74) is 0.674. The van der Waals surface area contributed by atoms with Crippen LogP contribution in [0.4, 0.5) is 18.9 Å². The molecule has 3 nitrogen and oxygen atoms in total. The number of hydrogen-bond acceptors (Lipinski definition) is 2. The predicted octanol–water partition coefficient (Wildman–Crippen LogP) is 4.69. The molecule has 0 radical (unpaired) electrons. The van der Waals surface area contributed by atoms with E-state index in [1.165, 1.54) is 0 Å². The van der Waals surface area contributed by atoms with Gasteiger partial charge < -0.3 is 9.88 Å². The first-order chi connectivity index (χ1) is 9.90. The topological polar surface area (TPSA) is 29.9 Å². The van der Waals surface area contributed by atoms with Crippen LogP contribution in [-0.4, -0.2) is 9.55 Å². The third-order valence-electron chi connectivity index (χ3n) is 2.96. The molecule has 0 aliphatic carbocycles. The Balaban J connectivity index is 2.13. The van der Waals surface area contributed by atoms with E-state index in [0.29, 0.717) is 16.7 Å². The van der Waals surface area contributed by atoms with Crippen LogP contribution in [0.3, 0.4) is 0 Å². The van der Waals surface area contributed by atoms with E-state index in [-0.39, 0.29) is 0 Å². The molecule has 0 unspecified atom stereocenters. The Labute approximate surface area is 129 Å². The summed E-state index contributed by atoms with van der Waals surface area (Å²) in [4.78, 5) is 4.06. The van der Waals surface area contributed by atoms with Crippen molar-refractivity contribution in [1.29, 1.82) is 0 Å². The highest BCUT2D eigenvalue weighted by atomic mass is 79.9. The molecular formula is C14H15BrF3N3. The molecule has 0 amide bonds. The lowest BCUT2D eigenvalue weighted by Gasteiger charge is -2.12. The van der Waals surface area contributed by atoms with Crippen LogP contribution < -0.4 is 5.32 Å². The summed E-state index contributed by atoms with van der Waals surface area (Å²) >= 11 is 3.11. The van der Waals surface area contributed by atoms with Crippen molar-refractivity contribution in [3.8, 4) is 0 Å². The minimum atomic E-state index is -4.36. The van der Waals surface area contributed by atoms with Crippen LogP contribution >= 0.6 is 15.9 Å². The van der Waals surface area contributed by atoms with Crippen molar-refractivity contribution < 1.29 is 13.2 Å². The van der Waals surface area contributed by atoms with Gasteiger partial charge in [-0.05, 0) is 24.6 Å². The van der Waals surface area contributed by atoms with Gasteiger partial charge in [0.25, 0.3) is 0 Å². The van der Waals surface area contributed by atoms with Crippen LogP contribution in [0, 0.1) is 0 Å². The Bertz CT molecular complexity index is 608. The number of nitrogens with one attached hydrogen (secondary N) is 1. The van der Waals surface area contributed by atoms with Crippen LogP contribution in [0.1, 0.15) is 24.6 Å². The van der Waals surface area contributed by atoms with E-state index in [9.17, 15) is 13.2 Å². The maximum Gasteiger partial charge on any atom is 0.416 e. The van der Waals surface area contributed by atoms with Gasteiger partial charge in [0, 0.05) is 22.9 Å². The van der Waals surface area contributed by atoms with Crippen LogP contribution in [0.2, 0.25) is 0 Å². The van der Waals surface area contributed by atoms with E-state index >= 15 is 0 Å². The van der Waals surface area contributed by atoms with Gasteiger partial charge in [0.2, 0.25) is 0 Å². The van der Waals surface area contributed by atoms with Crippen molar-refractivity contribution in [2.75, 3.05) is 5.32 Å². The summed E-state index contributed by atoms with van der Waals surface area (Å²) in [6.45, 7) is 3.32. The third kappa shape index (κ3) is 4.23. The van der Waals surface area contributed by atoms with Crippen molar-refractivity contribution >= 4 is 21.6 Å². The fraction of sp³-hybridized carbons (Fsp3) is 0.357. The predicted molar refractivity (Wildman–Crippen MR) is 79.0 cm³/mol. The number of rotatable bonds is 5. The van der Waals surface area contributed by atoms with Gasteiger partial charge in [-0.15, -0.1) is 0 Å². The van der Waals surface area contributed by atoms with Crippen molar-refractivity contribution in [1.82, 2.24) is 9.55 Å². The molecule has 0 aliphatic heterocycles. The Morgan fingerprint density at radius 1 is 1.29 bits per heavy atom. The maximum absolute atomic E-state index is 12.8. The molecule has 1 aromatic carbocycles. The molecule has 2 aromatic rings. The second kappa shape index (κ2) is 6.51. The van der Waals surface area contributed by atoms with E-state index < -0.39 is 11.7 Å². The highest BCUT2D eigenvalue weighted by Crippen LogP contribution is 2.33. The first-order valence-corrected chi connectivity index (χ1v) is 7.30. The number of hydrogen-bond donors (Lipinski definition) is 1. The summed E-state index contributed by atoms with van der Waals surface area (Å²) in [6.07, 6.45) is 0.0521. The van der Waals surface area contributed by atoms with Gasteiger partial charge in [0.05, 0.1) is 24.1 Å². The molecule has 2 rings (SSSR count). The monoisotopic (exact) mass is 361 g/mol.